The molecule has 0 aliphatic rings. The normalized spacial score (nSPS) is 10.8. The molecule has 0 fully saturated rings. The van der Waals surface area contributed by atoms with E-state index >= 15 is 0 Å². The van der Waals surface area contributed by atoms with Crippen molar-refractivity contribution in [2.75, 3.05) is 5.32 Å². The molecule has 3 aromatic carbocycles. The van der Waals surface area contributed by atoms with Gasteiger partial charge in [-0.05, 0) is 72.3 Å². The van der Waals surface area contributed by atoms with Crippen molar-refractivity contribution >= 4 is 23.5 Å². The third-order valence-electron chi connectivity index (χ3n) is 3.59. The maximum atomic E-state index is 12.9. The number of nitrogens with zero attached hydrogens (tertiary/aromatic N) is 1. The summed E-state index contributed by atoms with van der Waals surface area (Å²) in [6.45, 7) is 0. The first kappa shape index (κ1) is 17.2. The summed E-state index contributed by atoms with van der Waals surface area (Å²) in [5.74, 6) is -1.14. The number of anilines is 1. The van der Waals surface area contributed by atoms with Crippen LogP contribution in [0.2, 0.25) is 0 Å². The predicted molar refractivity (Wildman–Crippen MR) is 97.8 cm³/mol. The largest absolute Gasteiger partial charge is 0.504 e. The van der Waals surface area contributed by atoms with Crippen LogP contribution in [0.1, 0.15) is 15.9 Å². The van der Waals surface area contributed by atoms with Crippen molar-refractivity contribution in [2.24, 2.45) is 4.99 Å². The number of carbonyl (C=O) groups excluding carboxylic acids is 1. The van der Waals surface area contributed by atoms with Crippen molar-refractivity contribution < 1.29 is 19.4 Å². The third-order valence-corrected chi connectivity index (χ3v) is 3.59. The van der Waals surface area contributed by atoms with Gasteiger partial charge in [-0.1, -0.05) is 0 Å². The van der Waals surface area contributed by atoms with Crippen LogP contribution in [0.4, 0.5) is 15.8 Å². The number of phenolic OH excluding ortho intramolecular Hbond substituents is 2. The van der Waals surface area contributed by atoms with E-state index in [1.165, 1.54) is 36.4 Å². The highest BCUT2D eigenvalue weighted by molar-refractivity contribution is 6.04. The van der Waals surface area contributed by atoms with Gasteiger partial charge in [-0.3, -0.25) is 9.79 Å². The Bertz CT molecular complexity index is 952. The molecule has 5 nitrogen and oxygen atoms in total. The fourth-order valence-corrected chi connectivity index (χ4v) is 2.21. The predicted octanol–water partition coefficient (Wildman–Crippen LogP) is 4.24. The van der Waals surface area contributed by atoms with Crippen molar-refractivity contribution in [1.82, 2.24) is 0 Å². The fraction of sp³-hybridized carbons (Fsp3) is 0. The minimum Gasteiger partial charge on any atom is -0.504 e. The molecular formula is C20H15FN2O3. The molecule has 1 amide bonds. The van der Waals surface area contributed by atoms with Crippen LogP contribution < -0.4 is 5.32 Å². The second-order valence-corrected chi connectivity index (χ2v) is 5.51. The molecule has 6 heteroatoms. The highest BCUT2D eigenvalue weighted by atomic mass is 19.1. The van der Waals surface area contributed by atoms with Crippen molar-refractivity contribution in [2.45, 2.75) is 0 Å². The summed E-state index contributed by atoms with van der Waals surface area (Å²) >= 11 is 0. The van der Waals surface area contributed by atoms with E-state index in [4.69, 9.17) is 0 Å². The zero-order valence-corrected chi connectivity index (χ0v) is 13.6. The Morgan fingerprint density at radius 2 is 1.62 bits per heavy atom. The smallest absolute Gasteiger partial charge is 0.255 e. The number of nitrogens with one attached hydrogen (secondary N) is 1. The molecule has 0 aromatic heterocycles. The number of amides is 1. The second kappa shape index (κ2) is 7.48. The first-order chi connectivity index (χ1) is 12.5. The number of phenols is 2. The van der Waals surface area contributed by atoms with Gasteiger partial charge < -0.3 is 15.5 Å². The number of carbonyl (C=O) groups is 1. The van der Waals surface area contributed by atoms with Gasteiger partial charge in [0.15, 0.2) is 11.5 Å². The quantitative estimate of drug-likeness (QED) is 0.486. The van der Waals surface area contributed by atoms with E-state index in [1.807, 2.05) is 0 Å². The van der Waals surface area contributed by atoms with E-state index in [1.54, 1.807) is 36.5 Å². The van der Waals surface area contributed by atoms with Crippen LogP contribution in [0.15, 0.2) is 71.7 Å². The minimum atomic E-state index is -0.397. The molecule has 3 rings (SSSR count). The molecule has 0 bridgehead atoms. The van der Waals surface area contributed by atoms with Crippen LogP contribution in [0, 0.1) is 5.82 Å². The van der Waals surface area contributed by atoms with Crippen LogP contribution in [0.5, 0.6) is 11.5 Å². The lowest BCUT2D eigenvalue weighted by Gasteiger charge is -2.05. The number of aliphatic imine (C=N–C) groups is 1. The van der Waals surface area contributed by atoms with Crippen LogP contribution in [-0.4, -0.2) is 22.3 Å². The summed E-state index contributed by atoms with van der Waals surface area (Å²) in [4.78, 5) is 16.3. The zero-order valence-electron chi connectivity index (χ0n) is 13.6. The molecule has 3 aromatic rings. The van der Waals surface area contributed by atoms with Crippen LogP contribution in [0.25, 0.3) is 0 Å². The summed E-state index contributed by atoms with van der Waals surface area (Å²) < 4.78 is 12.9. The Kier molecular flexibility index (Phi) is 4.94. The first-order valence-electron chi connectivity index (χ1n) is 7.74. The molecule has 0 unspecified atom stereocenters. The Hall–Kier alpha value is -3.67. The number of halogens is 1. The number of aromatic hydroxyl groups is 2. The Balaban J connectivity index is 1.66. The van der Waals surface area contributed by atoms with E-state index in [2.05, 4.69) is 10.3 Å². The van der Waals surface area contributed by atoms with Crippen molar-refractivity contribution in [3.63, 3.8) is 0 Å². The van der Waals surface area contributed by atoms with Gasteiger partial charge in [0.2, 0.25) is 0 Å². The Morgan fingerprint density at radius 1 is 0.923 bits per heavy atom. The molecule has 0 heterocycles. The lowest BCUT2D eigenvalue weighted by molar-refractivity contribution is 0.102. The molecule has 0 radical (unpaired) electrons. The number of rotatable bonds is 4. The van der Waals surface area contributed by atoms with Gasteiger partial charge >= 0.3 is 0 Å². The Labute approximate surface area is 149 Å². The molecule has 130 valence electrons. The summed E-state index contributed by atoms with van der Waals surface area (Å²) in [7, 11) is 0. The van der Waals surface area contributed by atoms with Crippen LogP contribution in [-0.2, 0) is 0 Å². The summed E-state index contributed by atoms with van der Waals surface area (Å²) in [6.07, 6.45) is 1.55. The number of hydrogen-bond acceptors (Lipinski definition) is 4. The van der Waals surface area contributed by atoms with Gasteiger partial charge in [-0.25, -0.2) is 4.39 Å². The van der Waals surface area contributed by atoms with E-state index in [0.29, 0.717) is 22.5 Å². The lowest BCUT2D eigenvalue weighted by Crippen LogP contribution is -2.11. The van der Waals surface area contributed by atoms with Crippen molar-refractivity contribution in [3.8, 4) is 11.5 Å². The monoisotopic (exact) mass is 350 g/mol. The fourth-order valence-electron chi connectivity index (χ4n) is 2.21. The maximum Gasteiger partial charge on any atom is 0.255 e. The molecule has 3 N–H and O–H groups in total. The van der Waals surface area contributed by atoms with Crippen LogP contribution >= 0.6 is 0 Å². The second-order valence-electron chi connectivity index (χ2n) is 5.51. The maximum absolute atomic E-state index is 12.9. The molecule has 0 aliphatic heterocycles. The highest BCUT2D eigenvalue weighted by Crippen LogP contribution is 2.24. The van der Waals surface area contributed by atoms with E-state index in [-0.39, 0.29) is 17.4 Å². The third kappa shape index (κ3) is 4.24. The molecule has 0 saturated heterocycles. The van der Waals surface area contributed by atoms with Gasteiger partial charge in [-0.2, -0.15) is 0 Å². The van der Waals surface area contributed by atoms with E-state index < -0.39 is 5.82 Å². The Morgan fingerprint density at radius 3 is 2.27 bits per heavy atom. The van der Waals surface area contributed by atoms with Crippen LogP contribution in [0.3, 0.4) is 0 Å². The number of benzene rings is 3. The van der Waals surface area contributed by atoms with Gasteiger partial charge in [0, 0.05) is 17.5 Å². The molecular weight excluding hydrogens is 335 g/mol. The van der Waals surface area contributed by atoms with Crippen molar-refractivity contribution in [3.05, 3.63) is 83.7 Å². The number of hydrogen-bond donors (Lipinski definition) is 3. The molecule has 0 spiro atoms. The summed E-state index contributed by atoms with van der Waals surface area (Å²) in [6, 6.07) is 16.5. The van der Waals surface area contributed by atoms with Gasteiger partial charge in [-0.15, -0.1) is 0 Å². The zero-order chi connectivity index (χ0) is 18.5. The minimum absolute atomic E-state index is 0.191. The summed E-state index contributed by atoms with van der Waals surface area (Å²) in [5.41, 5.74) is 2.23. The SMILES string of the molecule is O=C(Nc1ccc(N=Cc2ccc(O)c(O)c2)cc1)c1ccc(F)cc1. The van der Waals surface area contributed by atoms with Gasteiger partial charge in [0.05, 0.1) is 5.69 Å². The standard InChI is InChI=1S/C20H15FN2O3/c21-15-4-2-14(3-5-15)20(26)23-17-8-6-16(7-9-17)22-12-13-1-10-18(24)19(25)11-13/h1-12,24-25H,(H,23,26). The lowest BCUT2D eigenvalue weighted by atomic mass is 10.2. The molecule has 0 aliphatic carbocycles. The molecule has 0 saturated carbocycles. The molecule has 26 heavy (non-hydrogen) atoms. The molecule has 0 atom stereocenters. The summed E-state index contributed by atoms with van der Waals surface area (Å²) in [5, 5.41) is 21.5. The first-order valence-corrected chi connectivity index (χ1v) is 7.74. The van der Waals surface area contributed by atoms with Gasteiger partial charge in [0.1, 0.15) is 5.82 Å². The van der Waals surface area contributed by atoms with Gasteiger partial charge in [0.25, 0.3) is 5.91 Å². The van der Waals surface area contributed by atoms with Crippen molar-refractivity contribution in [1.29, 1.82) is 0 Å². The van der Waals surface area contributed by atoms with E-state index in [9.17, 15) is 19.4 Å². The topological polar surface area (TPSA) is 81.9 Å². The average Bonchev–Trinajstić information content (AvgIpc) is 2.64. The van der Waals surface area contributed by atoms with E-state index in [0.717, 1.165) is 0 Å². The highest BCUT2D eigenvalue weighted by Gasteiger charge is 2.06. The average molecular weight is 350 g/mol.